The maximum atomic E-state index is 11.0. The molecule has 5 nitrogen and oxygen atoms in total. The molecule has 0 aliphatic rings. The highest BCUT2D eigenvalue weighted by molar-refractivity contribution is 5.96. The number of hydrogen-bond donors (Lipinski definition) is 2. The number of aromatic nitrogens is 2. The zero-order chi connectivity index (χ0) is 12.4. The van der Waals surface area contributed by atoms with Gasteiger partial charge in [0, 0.05) is 0 Å². The van der Waals surface area contributed by atoms with Gasteiger partial charge in [0.05, 0.1) is 12.7 Å². The first-order valence-electron chi connectivity index (χ1n) is 5.25. The Morgan fingerprint density at radius 2 is 2.12 bits per heavy atom. The smallest absolute Gasteiger partial charge is 0.254 e. The van der Waals surface area contributed by atoms with Crippen LogP contribution in [-0.2, 0) is 6.54 Å². The fraction of sp³-hybridized carbons (Fsp3) is 0.167. The Kier molecular flexibility index (Phi) is 2.82. The van der Waals surface area contributed by atoms with Crippen LogP contribution in [0.3, 0.4) is 0 Å². The summed E-state index contributed by atoms with van der Waals surface area (Å²) < 4.78 is 1.57. The highest BCUT2D eigenvalue weighted by Crippen LogP contribution is 2.14. The van der Waals surface area contributed by atoms with E-state index in [9.17, 15) is 4.79 Å². The summed E-state index contributed by atoms with van der Waals surface area (Å²) >= 11 is 0. The minimum absolute atomic E-state index is 0.263. The fourth-order valence-electron chi connectivity index (χ4n) is 1.66. The van der Waals surface area contributed by atoms with Gasteiger partial charge in [-0.3, -0.25) is 4.79 Å². The monoisotopic (exact) mass is 230 g/mol. The van der Waals surface area contributed by atoms with E-state index in [-0.39, 0.29) is 5.56 Å². The number of benzene rings is 1. The Bertz CT molecular complexity index is 559. The molecule has 5 heteroatoms. The topological polar surface area (TPSA) is 86.9 Å². The molecule has 0 radical (unpaired) electrons. The molecular formula is C12H14N4O. The lowest BCUT2D eigenvalue weighted by molar-refractivity contribution is 0.100. The molecule has 0 atom stereocenters. The molecule has 17 heavy (non-hydrogen) atoms. The van der Waals surface area contributed by atoms with Crippen LogP contribution in [0.5, 0.6) is 0 Å². The van der Waals surface area contributed by atoms with E-state index in [0.717, 1.165) is 11.1 Å². The van der Waals surface area contributed by atoms with Crippen molar-refractivity contribution < 1.29 is 4.79 Å². The van der Waals surface area contributed by atoms with Gasteiger partial charge in [-0.25, -0.2) is 4.68 Å². The Morgan fingerprint density at radius 1 is 1.41 bits per heavy atom. The molecule has 1 amide bonds. The van der Waals surface area contributed by atoms with Crippen LogP contribution >= 0.6 is 0 Å². The normalized spacial score (nSPS) is 10.4. The first kappa shape index (κ1) is 11.2. The zero-order valence-corrected chi connectivity index (χ0v) is 9.55. The minimum Gasteiger partial charge on any atom is -0.383 e. The maximum absolute atomic E-state index is 11.0. The third kappa shape index (κ3) is 2.13. The summed E-state index contributed by atoms with van der Waals surface area (Å²) in [5, 5.41) is 4.06. The second-order valence-electron chi connectivity index (χ2n) is 3.89. The van der Waals surface area contributed by atoms with Gasteiger partial charge in [0.15, 0.2) is 0 Å². The van der Waals surface area contributed by atoms with Crippen LogP contribution in [0.2, 0.25) is 0 Å². The van der Waals surface area contributed by atoms with Crippen molar-refractivity contribution >= 4 is 11.7 Å². The summed E-state index contributed by atoms with van der Waals surface area (Å²) in [6, 6.07) is 7.95. The molecule has 1 heterocycles. The van der Waals surface area contributed by atoms with Crippen LogP contribution in [0.15, 0.2) is 30.5 Å². The first-order chi connectivity index (χ1) is 8.09. The van der Waals surface area contributed by atoms with Crippen LogP contribution in [0.1, 0.15) is 21.5 Å². The first-order valence-corrected chi connectivity index (χ1v) is 5.25. The molecular weight excluding hydrogens is 216 g/mol. The Labute approximate surface area is 99.0 Å². The third-order valence-electron chi connectivity index (χ3n) is 2.73. The van der Waals surface area contributed by atoms with Gasteiger partial charge in [-0.1, -0.05) is 24.3 Å². The number of rotatable bonds is 3. The summed E-state index contributed by atoms with van der Waals surface area (Å²) in [6.07, 6.45) is 1.40. The number of hydrogen-bond acceptors (Lipinski definition) is 3. The lowest BCUT2D eigenvalue weighted by Crippen LogP contribution is -2.14. The molecule has 0 saturated carbocycles. The molecule has 0 fully saturated rings. The zero-order valence-electron chi connectivity index (χ0n) is 9.55. The number of amides is 1. The highest BCUT2D eigenvalue weighted by Gasteiger charge is 2.12. The molecule has 0 aliphatic carbocycles. The molecule has 0 saturated heterocycles. The van der Waals surface area contributed by atoms with Crippen molar-refractivity contribution in [3.63, 3.8) is 0 Å². The van der Waals surface area contributed by atoms with Crippen LogP contribution in [0.25, 0.3) is 0 Å². The predicted molar refractivity (Wildman–Crippen MR) is 65.4 cm³/mol. The lowest BCUT2D eigenvalue weighted by Gasteiger charge is -2.07. The Morgan fingerprint density at radius 3 is 2.71 bits per heavy atom. The number of primary amides is 1. The van der Waals surface area contributed by atoms with Crippen molar-refractivity contribution in [1.29, 1.82) is 0 Å². The Hall–Kier alpha value is -2.30. The Balaban J connectivity index is 2.31. The molecule has 0 spiro atoms. The van der Waals surface area contributed by atoms with Crippen LogP contribution < -0.4 is 11.5 Å². The van der Waals surface area contributed by atoms with E-state index in [1.807, 2.05) is 31.2 Å². The van der Waals surface area contributed by atoms with E-state index in [0.29, 0.717) is 12.4 Å². The highest BCUT2D eigenvalue weighted by atomic mass is 16.1. The van der Waals surface area contributed by atoms with E-state index in [4.69, 9.17) is 11.5 Å². The molecule has 1 aromatic carbocycles. The van der Waals surface area contributed by atoms with Crippen LogP contribution in [-0.4, -0.2) is 15.7 Å². The molecule has 4 N–H and O–H groups in total. The summed E-state index contributed by atoms with van der Waals surface area (Å²) in [7, 11) is 0. The van der Waals surface area contributed by atoms with Crippen molar-refractivity contribution in [3.8, 4) is 0 Å². The second kappa shape index (κ2) is 4.29. The predicted octanol–water partition coefficient (Wildman–Crippen LogP) is 0.921. The van der Waals surface area contributed by atoms with Crippen LogP contribution in [0, 0.1) is 6.92 Å². The lowest BCUT2D eigenvalue weighted by atomic mass is 10.1. The molecule has 0 aliphatic heterocycles. The standard InChI is InChI=1S/C12H14N4O/c1-8-4-2-3-5-9(8)7-16-11(13)10(6-15-16)12(14)17/h2-6H,7,13H2,1H3,(H2,14,17). The number of carbonyl (C=O) groups excluding carboxylic acids is 1. The van der Waals surface area contributed by atoms with Crippen molar-refractivity contribution in [3.05, 3.63) is 47.2 Å². The largest absolute Gasteiger partial charge is 0.383 e. The SMILES string of the molecule is Cc1ccccc1Cn1ncc(C(N)=O)c1N. The molecule has 0 bridgehead atoms. The van der Waals surface area contributed by atoms with Crippen molar-refractivity contribution in [2.24, 2.45) is 5.73 Å². The van der Waals surface area contributed by atoms with Gasteiger partial charge in [-0.2, -0.15) is 5.10 Å². The summed E-state index contributed by atoms with van der Waals surface area (Å²) in [5.74, 6) is -0.251. The quantitative estimate of drug-likeness (QED) is 0.822. The van der Waals surface area contributed by atoms with E-state index < -0.39 is 5.91 Å². The average Bonchev–Trinajstić information content (AvgIpc) is 2.64. The van der Waals surface area contributed by atoms with Gasteiger partial charge < -0.3 is 11.5 Å². The third-order valence-corrected chi connectivity index (χ3v) is 2.73. The summed E-state index contributed by atoms with van der Waals surface area (Å²) in [6.45, 7) is 2.55. The van der Waals surface area contributed by atoms with Gasteiger partial charge in [-0.05, 0) is 18.1 Å². The number of aryl methyl sites for hydroxylation is 1. The number of nitrogens with zero attached hydrogens (tertiary/aromatic N) is 2. The van der Waals surface area contributed by atoms with Gasteiger partial charge >= 0.3 is 0 Å². The summed E-state index contributed by atoms with van der Waals surface area (Å²) in [4.78, 5) is 11.0. The minimum atomic E-state index is -0.557. The van der Waals surface area contributed by atoms with Crippen LogP contribution in [0.4, 0.5) is 5.82 Å². The van der Waals surface area contributed by atoms with Gasteiger partial charge in [0.2, 0.25) is 0 Å². The second-order valence-corrected chi connectivity index (χ2v) is 3.89. The fourth-order valence-corrected chi connectivity index (χ4v) is 1.66. The van der Waals surface area contributed by atoms with Gasteiger partial charge in [0.25, 0.3) is 5.91 Å². The number of carbonyl (C=O) groups is 1. The average molecular weight is 230 g/mol. The summed E-state index contributed by atoms with van der Waals surface area (Å²) in [5.41, 5.74) is 13.5. The molecule has 2 rings (SSSR count). The van der Waals surface area contributed by atoms with Gasteiger partial charge in [-0.15, -0.1) is 0 Å². The van der Waals surface area contributed by atoms with Crippen molar-refractivity contribution in [1.82, 2.24) is 9.78 Å². The van der Waals surface area contributed by atoms with E-state index in [1.165, 1.54) is 6.20 Å². The van der Waals surface area contributed by atoms with Crippen molar-refractivity contribution in [2.75, 3.05) is 5.73 Å². The number of nitrogen functional groups attached to an aromatic ring is 1. The van der Waals surface area contributed by atoms with Gasteiger partial charge in [0.1, 0.15) is 11.4 Å². The number of anilines is 1. The van der Waals surface area contributed by atoms with E-state index >= 15 is 0 Å². The van der Waals surface area contributed by atoms with E-state index in [1.54, 1.807) is 4.68 Å². The maximum Gasteiger partial charge on any atom is 0.254 e. The van der Waals surface area contributed by atoms with Crippen molar-refractivity contribution in [2.45, 2.75) is 13.5 Å². The molecule has 2 aromatic rings. The molecule has 88 valence electrons. The molecule has 1 aromatic heterocycles. The molecule has 0 unspecified atom stereocenters. The van der Waals surface area contributed by atoms with E-state index in [2.05, 4.69) is 5.10 Å². The number of nitrogens with two attached hydrogens (primary N) is 2.